The maximum atomic E-state index is 6.60. The highest BCUT2D eigenvalue weighted by Crippen LogP contribution is 2.49. The number of hydrogen-bond donors (Lipinski definition) is 0. The lowest BCUT2D eigenvalue weighted by molar-refractivity contribution is -0.183. The monoisotopic (exact) mass is 444 g/mol. The fraction of sp³-hybridized carbons (Fsp3) is 0.643. The molecular formula is C28H44O4. The van der Waals surface area contributed by atoms with Crippen LogP contribution in [0.15, 0.2) is 36.1 Å². The topological polar surface area (TPSA) is 36.9 Å². The molecule has 0 saturated heterocycles. The summed E-state index contributed by atoms with van der Waals surface area (Å²) in [6.07, 6.45) is 10.7. The van der Waals surface area contributed by atoms with Crippen LogP contribution in [-0.4, -0.2) is 26.6 Å². The largest absolute Gasteiger partial charge is 0.505 e. The van der Waals surface area contributed by atoms with Crippen molar-refractivity contribution in [2.24, 2.45) is 5.92 Å². The molecule has 0 amide bonds. The van der Waals surface area contributed by atoms with Crippen molar-refractivity contribution in [1.29, 1.82) is 0 Å². The van der Waals surface area contributed by atoms with Gasteiger partial charge >= 0.3 is 0 Å². The Hall–Kier alpha value is -1.94. The number of allylic oxidation sites excluding steroid dienone is 3. The predicted molar refractivity (Wildman–Crippen MR) is 133 cm³/mol. The number of rotatable bonds is 12. The third-order valence-electron chi connectivity index (χ3n) is 6.68. The van der Waals surface area contributed by atoms with E-state index >= 15 is 0 Å². The van der Waals surface area contributed by atoms with Crippen molar-refractivity contribution in [2.45, 2.75) is 91.3 Å². The van der Waals surface area contributed by atoms with E-state index in [1.807, 2.05) is 13.0 Å². The minimum Gasteiger partial charge on any atom is -0.505 e. The fourth-order valence-electron chi connectivity index (χ4n) is 4.60. The average molecular weight is 445 g/mol. The Bertz CT molecular complexity index is 778. The fourth-order valence-corrected chi connectivity index (χ4v) is 4.60. The lowest BCUT2D eigenvalue weighted by atomic mass is 9.82. The molecule has 0 fully saturated rings. The van der Waals surface area contributed by atoms with Crippen molar-refractivity contribution in [3.63, 3.8) is 0 Å². The van der Waals surface area contributed by atoms with Crippen LogP contribution >= 0.6 is 0 Å². The quantitative estimate of drug-likeness (QED) is 0.244. The molecule has 4 unspecified atom stereocenters. The van der Waals surface area contributed by atoms with Crippen LogP contribution in [0.2, 0.25) is 0 Å². The molecule has 0 bridgehead atoms. The van der Waals surface area contributed by atoms with Gasteiger partial charge in [0.25, 0.3) is 0 Å². The van der Waals surface area contributed by atoms with Crippen LogP contribution in [0.4, 0.5) is 0 Å². The third-order valence-corrected chi connectivity index (χ3v) is 6.68. The lowest BCUT2D eigenvalue weighted by Crippen LogP contribution is -2.42. The van der Waals surface area contributed by atoms with Crippen LogP contribution < -0.4 is 9.47 Å². The van der Waals surface area contributed by atoms with E-state index in [0.717, 1.165) is 37.2 Å². The Morgan fingerprint density at radius 2 is 1.97 bits per heavy atom. The van der Waals surface area contributed by atoms with Crippen molar-refractivity contribution in [1.82, 2.24) is 0 Å². The molecule has 0 aromatic heterocycles. The molecule has 0 aliphatic carbocycles. The van der Waals surface area contributed by atoms with E-state index in [9.17, 15) is 0 Å². The average Bonchev–Trinajstić information content (AvgIpc) is 2.75. The van der Waals surface area contributed by atoms with Gasteiger partial charge in [0.05, 0.1) is 20.0 Å². The van der Waals surface area contributed by atoms with Gasteiger partial charge in [-0.2, -0.15) is 0 Å². The molecule has 1 aliphatic rings. The minimum atomic E-state index is -0.634. The number of ether oxygens (including phenoxy) is 4. The van der Waals surface area contributed by atoms with E-state index in [2.05, 4.69) is 52.8 Å². The van der Waals surface area contributed by atoms with Gasteiger partial charge in [0.15, 0.2) is 0 Å². The van der Waals surface area contributed by atoms with Gasteiger partial charge in [0.1, 0.15) is 11.5 Å². The number of methoxy groups -OCH3 is 2. The molecule has 0 saturated carbocycles. The zero-order valence-electron chi connectivity index (χ0n) is 21.5. The van der Waals surface area contributed by atoms with Crippen LogP contribution in [0, 0.1) is 5.92 Å². The molecule has 1 aromatic rings. The molecule has 1 heterocycles. The smallest absolute Gasteiger partial charge is 0.211 e. The minimum absolute atomic E-state index is 0.283. The Balaban J connectivity index is 2.34. The summed E-state index contributed by atoms with van der Waals surface area (Å²) in [4.78, 5) is 0. The Kier molecular flexibility index (Phi) is 10.1. The van der Waals surface area contributed by atoms with Crippen LogP contribution in [0.25, 0.3) is 0 Å². The highest BCUT2D eigenvalue weighted by Gasteiger charge is 2.41. The summed E-state index contributed by atoms with van der Waals surface area (Å²) in [5.74, 6) is 2.49. The van der Waals surface area contributed by atoms with Gasteiger partial charge in [-0.3, -0.25) is 0 Å². The first-order chi connectivity index (χ1) is 15.3. The van der Waals surface area contributed by atoms with Crippen LogP contribution in [-0.2, 0) is 9.47 Å². The second-order valence-electron chi connectivity index (χ2n) is 9.46. The maximum absolute atomic E-state index is 6.60. The molecule has 1 aliphatic heterocycles. The first-order valence-corrected chi connectivity index (χ1v) is 12.1. The van der Waals surface area contributed by atoms with Crippen LogP contribution in [0.3, 0.4) is 0 Å². The maximum Gasteiger partial charge on any atom is 0.211 e. The molecule has 0 N–H and O–H groups in total. The second-order valence-corrected chi connectivity index (χ2v) is 9.46. The highest BCUT2D eigenvalue weighted by atomic mass is 16.7. The zero-order valence-corrected chi connectivity index (χ0v) is 21.5. The first-order valence-electron chi connectivity index (χ1n) is 12.1. The molecule has 2 rings (SSSR count). The van der Waals surface area contributed by atoms with Gasteiger partial charge in [-0.15, -0.1) is 0 Å². The summed E-state index contributed by atoms with van der Waals surface area (Å²) >= 11 is 0. The van der Waals surface area contributed by atoms with Crippen LogP contribution in [0.1, 0.15) is 96.6 Å². The lowest BCUT2D eigenvalue weighted by Gasteiger charge is -2.41. The van der Waals surface area contributed by atoms with E-state index in [0.29, 0.717) is 18.4 Å². The van der Waals surface area contributed by atoms with Crippen molar-refractivity contribution in [3.8, 4) is 11.5 Å². The summed E-state index contributed by atoms with van der Waals surface area (Å²) in [6.45, 7) is 13.9. The van der Waals surface area contributed by atoms with E-state index in [1.165, 1.54) is 23.1 Å². The summed E-state index contributed by atoms with van der Waals surface area (Å²) in [6, 6.07) is 4.47. The zero-order chi connectivity index (χ0) is 23.7. The van der Waals surface area contributed by atoms with Crippen molar-refractivity contribution >= 4 is 0 Å². The Morgan fingerprint density at radius 1 is 1.22 bits per heavy atom. The molecule has 0 spiro atoms. The van der Waals surface area contributed by atoms with Gasteiger partial charge < -0.3 is 18.9 Å². The number of benzene rings is 1. The normalized spacial score (nSPS) is 22.1. The van der Waals surface area contributed by atoms with Crippen molar-refractivity contribution in [2.75, 3.05) is 20.8 Å². The Morgan fingerprint density at radius 3 is 2.59 bits per heavy atom. The SMILES string of the molecule is CCOc1cc(C(C)C(C)CCC=C(C)C)cc2c1C(C)CC(CC/C=C/OC)(OC)O2. The van der Waals surface area contributed by atoms with Crippen molar-refractivity contribution in [3.05, 3.63) is 47.2 Å². The molecule has 4 atom stereocenters. The Labute approximate surface area is 196 Å². The molecular weight excluding hydrogens is 400 g/mol. The van der Waals surface area contributed by atoms with E-state index in [1.54, 1.807) is 20.5 Å². The summed E-state index contributed by atoms with van der Waals surface area (Å²) < 4.78 is 23.7. The summed E-state index contributed by atoms with van der Waals surface area (Å²) in [5.41, 5.74) is 3.83. The number of fused-ring (bicyclic) bond motifs is 1. The highest BCUT2D eigenvalue weighted by molar-refractivity contribution is 5.52. The van der Waals surface area contributed by atoms with Crippen molar-refractivity contribution < 1.29 is 18.9 Å². The van der Waals surface area contributed by atoms with E-state index < -0.39 is 5.79 Å². The summed E-state index contributed by atoms with van der Waals surface area (Å²) in [7, 11) is 3.41. The molecule has 4 nitrogen and oxygen atoms in total. The molecule has 0 radical (unpaired) electrons. The standard InChI is InChI=1S/C28H44O4/c1-9-31-25-17-24(23(6)21(4)14-12-13-20(2)3)18-26-27(25)22(5)19-28(30-8,32-26)15-10-11-16-29-7/h11,13,16-18,21-23H,9-10,12,14-15,19H2,1-8H3/b16-11+. The van der Waals surface area contributed by atoms with Gasteiger partial charge in [-0.1, -0.05) is 32.4 Å². The van der Waals surface area contributed by atoms with Gasteiger partial charge in [0.2, 0.25) is 5.79 Å². The van der Waals surface area contributed by atoms with E-state index in [4.69, 9.17) is 18.9 Å². The number of hydrogen-bond acceptors (Lipinski definition) is 4. The van der Waals surface area contributed by atoms with Gasteiger partial charge in [-0.05, 0) is 81.6 Å². The van der Waals surface area contributed by atoms with Gasteiger partial charge in [0, 0.05) is 25.5 Å². The second kappa shape index (κ2) is 12.3. The van der Waals surface area contributed by atoms with Gasteiger partial charge in [-0.25, -0.2) is 0 Å². The molecule has 32 heavy (non-hydrogen) atoms. The van der Waals surface area contributed by atoms with Crippen LogP contribution in [0.5, 0.6) is 11.5 Å². The summed E-state index contributed by atoms with van der Waals surface area (Å²) in [5, 5.41) is 0. The van der Waals surface area contributed by atoms with E-state index in [-0.39, 0.29) is 5.92 Å². The molecule has 180 valence electrons. The molecule has 4 heteroatoms. The third kappa shape index (κ3) is 6.78. The predicted octanol–water partition coefficient (Wildman–Crippen LogP) is 7.74. The molecule has 1 aromatic carbocycles. The first kappa shape index (κ1) is 26.3.